The Labute approximate surface area is 132 Å². The molecule has 0 radical (unpaired) electrons. The van der Waals surface area contributed by atoms with E-state index >= 15 is 0 Å². The lowest BCUT2D eigenvalue weighted by molar-refractivity contribution is 0.0697. The Morgan fingerprint density at radius 3 is 2.38 bits per heavy atom. The Morgan fingerprint density at radius 1 is 1.19 bits per heavy atom. The van der Waals surface area contributed by atoms with Gasteiger partial charge in [-0.3, -0.25) is 0 Å². The Hall–Kier alpha value is -1.81. The van der Waals surface area contributed by atoms with Crippen LogP contribution in [0.5, 0.6) is 5.75 Å². The van der Waals surface area contributed by atoms with Gasteiger partial charge in [-0.2, -0.15) is 0 Å². The number of aromatic carboxylic acids is 1. The van der Waals surface area contributed by atoms with E-state index < -0.39 is 5.97 Å². The molecule has 0 amide bonds. The van der Waals surface area contributed by atoms with Crippen LogP contribution in [0.25, 0.3) is 11.1 Å². The monoisotopic (exact) mass is 348 g/mol. The average Bonchev–Trinajstić information content (AvgIpc) is 2.46. The number of benzene rings is 2. The van der Waals surface area contributed by atoms with Crippen LogP contribution in [0.1, 0.15) is 29.8 Å². The first-order valence-electron chi connectivity index (χ1n) is 6.71. The summed E-state index contributed by atoms with van der Waals surface area (Å²) in [7, 11) is 0. The molecule has 3 nitrogen and oxygen atoms in total. The number of hydrogen-bond donors (Lipinski definition) is 1. The van der Waals surface area contributed by atoms with Crippen molar-refractivity contribution in [2.24, 2.45) is 0 Å². The van der Waals surface area contributed by atoms with Crippen LogP contribution in [0.3, 0.4) is 0 Å². The minimum Gasteiger partial charge on any atom is -0.490 e. The van der Waals surface area contributed by atoms with Crippen molar-refractivity contribution in [1.29, 1.82) is 0 Å². The van der Waals surface area contributed by atoms with Gasteiger partial charge in [0.15, 0.2) is 0 Å². The van der Waals surface area contributed by atoms with Crippen molar-refractivity contribution in [2.75, 3.05) is 0 Å². The zero-order chi connectivity index (χ0) is 15.4. The molecule has 2 aromatic rings. The van der Waals surface area contributed by atoms with Gasteiger partial charge in [-0.05, 0) is 37.1 Å². The number of carboxylic acids is 1. The largest absolute Gasteiger partial charge is 0.490 e. The van der Waals surface area contributed by atoms with Crippen LogP contribution in [0.2, 0.25) is 0 Å². The minimum absolute atomic E-state index is 0.0189. The smallest absolute Gasteiger partial charge is 0.336 e. The van der Waals surface area contributed by atoms with E-state index in [9.17, 15) is 9.90 Å². The van der Waals surface area contributed by atoms with Gasteiger partial charge in [-0.1, -0.05) is 46.3 Å². The normalized spacial score (nSPS) is 10.7. The zero-order valence-electron chi connectivity index (χ0n) is 12.0. The van der Waals surface area contributed by atoms with E-state index in [1.165, 1.54) is 0 Å². The van der Waals surface area contributed by atoms with Crippen molar-refractivity contribution in [3.05, 3.63) is 53.6 Å². The van der Waals surface area contributed by atoms with Crippen molar-refractivity contribution in [3.8, 4) is 16.9 Å². The maximum atomic E-state index is 11.5. The van der Waals surface area contributed by atoms with Crippen LogP contribution in [0.15, 0.2) is 42.5 Å². The molecule has 4 heteroatoms. The van der Waals surface area contributed by atoms with Crippen LogP contribution in [-0.2, 0) is 5.33 Å². The van der Waals surface area contributed by atoms with E-state index in [0.29, 0.717) is 11.3 Å². The zero-order valence-corrected chi connectivity index (χ0v) is 13.6. The summed E-state index contributed by atoms with van der Waals surface area (Å²) in [5.41, 5.74) is 2.85. The minimum atomic E-state index is -0.955. The van der Waals surface area contributed by atoms with Gasteiger partial charge in [0, 0.05) is 10.9 Å². The van der Waals surface area contributed by atoms with Gasteiger partial charge >= 0.3 is 5.97 Å². The molecule has 0 aliphatic heterocycles. The number of rotatable bonds is 5. The highest BCUT2D eigenvalue weighted by atomic mass is 79.9. The molecule has 0 aliphatic rings. The lowest BCUT2D eigenvalue weighted by atomic mass is 9.97. The summed E-state index contributed by atoms with van der Waals surface area (Å²) in [4.78, 5) is 11.5. The summed E-state index contributed by atoms with van der Waals surface area (Å²) in [6.45, 7) is 3.84. The molecule has 0 saturated carbocycles. The first-order valence-corrected chi connectivity index (χ1v) is 7.83. The third-order valence-electron chi connectivity index (χ3n) is 3.02. The Kier molecular flexibility index (Phi) is 5.02. The molecule has 0 spiro atoms. The lowest BCUT2D eigenvalue weighted by Crippen LogP contribution is -2.09. The first-order chi connectivity index (χ1) is 10.0. The topological polar surface area (TPSA) is 46.5 Å². The van der Waals surface area contributed by atoms with E-state index in [4.69, 9.17) is 4.74 Å². The number of alkyl halides is 1. The third kappa shape index (κ3) is 3.64. The third-order valence-corrected chi connectivity index (χ3v) is 3.66. The van der Waals surface area contributed by atoms with Gasteiger partial charge in [0.2, 0.25) is 0 Å². The highest BCUT2D eigenvalue weighted by Gasteiger charge is 2.17. The number of carbonyl (C=O) groups is 1. The molecule has 0 aliphatic carbocycles. The van der Waals surface area contributed by atoms with E-state index in [1.54, 1.807) is 18.2 Å². The second kappa shape index (κ2) is 6.76. The summed E-state index contributed by atoms with van der Waals surface area (Å²) >= 11 is 3.40. The molecular weight excluding hydrogens is 332 g/mol. The highest BCUT2D eigenvalue weighted by molar-refractivity contribution is 9.08. The fraction of sp³-hybridized carbons (Fsp3) is 0.235. The summed E-state index contributed by atoms with van der Waals surface area (Å²) in [5.74, 6) is -0.361. The lowest BCUT2D eigenvalue weighted by Gasteiger charge is -2.16. The molecule has 0 fully saturated rings. The molecule has 21 heavy (non-hydrogen) atoms. The summed E-state index contributed by atoms with van der Waals surface area (Å²) in [6, 6.07) is 12.9. The number of ether oxygens (including phenoxy) is 1. The molecule has 0 unspecified atom stereocenters. The average molecular weight is 349 g/mol. The quantitative estimate of drug-likeness (QED) is 0.794. The number of carboxylic acid groups (broad SMARTS) is 1. The van der Waals surface area contributed by atoms with Crippen LogP contribution in [0, 0.1) is 0 Å². The summed E-state index contributed by atoms with van der Waals surface area (Å²) in [6.07, 6.45) is -0.0189. The highest BCUT2D eigenvalue weighted by Crippen LogP contribution is 2.34. The Bertz CT molecular complexity index is 633. The van der Waals surface area contributed by atoms with Crippen molar-refractivity contribution in [1.82, 2.24) is 0 Å². The second-order valence-corrected chi connectivity index (χ2v) is 5.54. The van der Waals surface area contributed by atoms with Crippen molar-refractivity contribution < 1.29 is 14.6 Å². The summed E-state index contributed by atoms with van der Waals surface area (Å²) < 4.78 is 5.77. The van der Waals surface area contributed by atoms with Gasteiger partial charge in [0.25, 0.3) is 0 Å². The van der Waals surface area contributed by atoms with Crippen molar-refractivity contribution >= 4 is 21.9 Å². The number of halogens is 1. The van der Waals surface area contributed by atoms with Crippen molar-refractivity contribution in [2.45, 2.75) is 25.3 Å². The second-order valence-electron chi connectivity index (χ2n) is 4.98. The SMILES string of the molecule is CC(C)Oc1cccc(C(=O)O)c1-c1ccc(CBr)cc1. The molecule has 0 aromatic heterocycles. The molecule has 0 atom stereocenters. The maximum Gasteiger partial charge on any atom is 0.336 e. The molecule has 2 aromatic carbocycles. The molecule has 0 heterocycles. The van der Waals surface area contributed by atoms with Gasteiger partial charge in [0.1, 0.15) is 5.75 Å². The van der Waals surface area contributed by atoms with Gasteiger partial charge in [0.05, 0.1) is 11.7 Å². The van der Waals surface area contributed by atoms with Crippen LogP contribution < -0.4 is 4.74 Å². The molecule has 0 bridgehead atoms. The van der Waals surface area contributed by atoms with Gasteiger partial charge < -0.3 is 9.84 Å². The van der Waals surface area contributed by atoms with Crippen LogP contribution in [-0.4, -0.2) is 17.2 Å². The van der Waals surface area contributed by atoms with Crippen LogP contribution in [0.4, 0.5) is 0 Å². The molecule has 1 N–H and O–H groups in total. The predicted octanol–water partition coefficient (Wildman–Crippen LogP) is 4.73. The van der Waals surface area contributed by atoms with E-state index in [1.807, 2.05) is 38.1 Å². The van der Waals surface area contributed by atoms with Gasteiger partial charge in [-0.25, -0.2) is 4.79 Å². The summed E-state index contributed by atoms with van der Waals surface area (Å²) in [5, 5.41) is 10.2. The van der Waals surface area contributed by atoms with E-state index in [-0.39, 0.29) is 11.7 Å². The fourth-order valence-electron chi connectivity index (χ4n) is 2.12. The standard InChI is InChI=1S/C17H17BrO3/c1-11(2)21-15-5-3-4-14(17(19)20)16(15)13-8-6-12(10-18)7-9-13/h3-9,11H,10H2,1-2H3,(H,19,20). The molecule has 0 saturated heterocycles. The Balaban J connectivity index is 2.58. The van der Waals surface area contributed by atoms with Crippen molar-refractivity contribution in [3.63, 3.8) is 0 Å². The van der Waals surface area contributed by atoms with Crippen LogP contribution >= 0.6 is 15.9 Å². The molecule has 2 rings (SSSR count). The molecule has 110 valence electrons. The Morgan fingerprint density at radius 2 is 1.86 bits per heavy atom. The predicted molar refractivity (Wildman–Crippen MR) is 87.2 cm³/mol. The molecular formula is C17H17BrO3. The van der Waals surface area contributed by atoms with E-state index in [0.717, 1.165) is 16.5 Å². The first kappa shape index (κ1) is 15.6. The maximum absolute atomic E-state index is 11.5. The fourth-order valence-corrected chi connectivity index (χ4v) is 2.49. The number of hydrogen-bond acceptors (Lipinski definition) is 2. The van der Waals surface area contributed by atoms with E-state index in [2.05, 4.69) is 15.9 Å². The van der Waals surface area contributed by atoms with Gasteiger partial charge in [-0.15, -0.1) is 0 Å².